The van der Waals surface area contributed by atoms with Crippen LogP contribution in [-0.4, -0.2) is 13.2 Å². The lowest BCUT2D eigenvalue weighted by atomic mass is 10.0. The van der Waals surface area contributed by atoms with Crippen LogP contribution in [0, 0.1) is 19.3 Å². The van der Waals surface area contributed by atoms with Crippen molar-refractivity contribution in [3.05, 3.63) is 29.3 Å². The van der Waals surface area contributed by atoms with E-state index in [1.54, 1.807) is 0 Å². The van der Waals surface area contributed by atoms with Crippen LogP contribution in [0.2, 0.25) is 0 Å². The summed E-state index contributed by atoms with van der Waals surface area (Å²) in [5, 5.41) is 3.41. The maximum Gasteiger partial charge on any atom is 0.124 e. The van der Waals surface area contributed by atoms with Crippen molar-refractivity contribution in [2.24, 2.45) is 0 Å². The molecule has 2 nitrogen and oxygen atoms in total. The van der Waals surface area contributed by atoms with E-state index in [2.05, 4.69) is 50.2 Å². The summed E-state index contributed by atoms with van der Waals surface area (Å²) in [6.07, 6.45) is 6.90. The van der Waals surface area contributed by atoms with Crippen molar-refractivity contribution in [3.8, 4) is 18.1 Å². The summed E-state index contributed by atoms with van der Waals surface area (Å²) in [5.74, 6) is 3.60. The maximum atomic E-state index is 5.85. The Hall–Kier alpha value is -1.46. The van der Waals surface area contributed by atoms with Crippen molar-refractivity contribution >= 4 is 0 Å². The van der Waals surface area contributed by atoms with Gasteiger partial charge in [0.25, 0.3) is 0 Å². The molecule has 1 aromatic carbocycles. The molecule has 0 aliphatic heterocycles. The quantitative estimate of drug-likeness (QED) is 0.587. The molecule has 0 radical (unpaired) electrons. The Kier molecular flexibility index (Phi) is 6.32. The van der Waals surface area contributed by atoms with E-state index in [4.69, 9.17) is 11.2 Å². The van der Waals surface area contributed by atoms with Gasteiger partial charge in [-0.2, -0.15) is 0 Å². The summed E-state index contributed by atoms with van der Waals surface area (Å²) in [6.45, 7) is 7.97. The SMILES string of the molecule is C#CCCCOc1cc(C)ccc1C(C)NCC. The van der Waals surface area contributed by atoms with Gasteiger partial charge < -0.3 is 10.1 Å². The minimum atomic E-state index is 0.304. The molecule has 1 unspecified atom stereocenters. The van der Waals surface area contributed by atoms with Crippen LogP contribution >= 0.6 is 0 Å². The van der Waals surface area contributed by atoms with Gasteiger partial charge >= 0.3 is 0 Å². The molecule has 98 valence electrons. The van der Waals surface area contributed by atoms with Crippen molar-refractivity contribution in [1.29, 1.82) is 0 Å². The summed E-state index contributed by atoms with van der Waals surface area (Å²) in [6, 6.07) is 6.66. The molecule has 0 saturated carbocycles. The van der Waals surface area contributed by atoms with E-state index in [1.807, 2.05) is 0 Å². The van der Waals surface area contributed by atoms with Crippen LogP contribution in [0.5, 0.6) is 5.75 Å². The molecule has 1 aromatic rings. The number of aryl methyl sites for hydroxylation is 1. The lowest BCUT2D eigenvalue weighted by Crippen LogP contribution is -2.18. The molecule has 0 aromatic heterocycles. The second-order valence-corrected chi connectivity index (χ2v) is 4.48. The molecular weight excluding hydrogens is 222 g/mol. The van der Waals surface area contributed by atoms with Crippen LogP contribution in [-0.2, 0) is 0 Å². The van der Waals surface area contributed by atoms with E-state index < -0.39 is 0 Å². The minimum Gasteiger partial charge on any atom is -0.493 e. The Balaban J connectivity index is 2.73. The number of terminal acetylenes is 1. The van der Waals surface area contributed by atoms with Gasteiger partial charge in [0.15, 0.2) is 0 Å². The first-order valence-corrected chi connectivity index (χ1v) is 6.59. The number of hydrogen-bond acceptors (Lipinski definition) is 2. The molecule has 0 bridgehead atoms. The van der Waals surface area contributed by atoms with Gasteiger partial charge in [-0.15, -0.1) is 12.3 Å². The highest BCUT2D eigenvalue weighted by molar-refractivity contribution is 5.39. The Morgan fingerprint density at radius 2 is 2.22 bits per heavy atom. The first-order valence-electron chi connectivity index (χ1n) is 6.59. The van der Waals surface area contributed by atoms with Crippen LogP contribution in [0.1, 0.15) is 43.9 Å². The Morgan fingerprint density at radius 1 is 1.44 bits per heavy atom. The van der Waals surface area contributed by atoms with Crippen molar-refractivity contribution in [1.82, 2.24) is 5.32 Å². The molecule has 0 spiro atoms. The average Bonchev–Trinajstić information content (AvgIpc) is 2.35. The van der Waals surface area contributed by atoms with Crippen molar-refractivity contribution < 1.29 is 4.74 Å². The van der Waals surface area contributed by atoms with E-state index in [9.17, 15) is 0 Å². The average molecular weight is 245 g/mol. The number of nitrogens with one attached hydrogen (secondary N) is 1. The molecule has 1 atom stereocenters. The lowest BCUT2D eigenvalue weighted by Gasteiger charge is -2.18. The number of unbranched alkanes of at least 4 members (excludes halogenated alkanes) is 1. The monoisotopic (exact) mass is 245 g/mol. The van der Waals surface area contributed by atoms with E-state index in [1.165, 1.54) is 11.1 Å². The fraction of sp³-hybridized carbons (Fsp3) is 0.500. The van der Waals surface area contributed by atoms with E-state index in [-0.39, 0.29) is 0 Å². The third kappa shape index (κ3) is 4.43. The van der Waals surface area contributed by atoms with E-state index >= 15 is 0 Å². The zero-order valence-electron chi connectivity index (χ0n) is 11.6. The molecule has 18 heavy (non-hydrogen) atoms. The molecule has 2 heteroatoms. The zero-order valence-corrected chi connectivity index (χ0v) is 11.6. The minimum absolute atomic E-state index is 0.304. The van der Waals surface area contributed by atoms with Crippen LogP contribution in [0.25, 0.3) is 0 Å². The van der Waals surface area contributed by atoms with Gasteiger partial charge in [-0.1, -0.05) is 19.1 Å². The first-order chi connectivity index (χ1) is 8.69. The number of benzene rings is 1. The van der Waals surface area contributed by atoms with Crippen LogP contribution in [0.3, 0.4) is 0 Å². The van der Waals surface area contributed by atoms with Gasteiger partial charge in [-0.25, -0.2) is 0 Å². The molecule has 0 amide bonds. The zero-order chi connectivity index (χ0) is 13.4. The highest BCUT2D eigenvalue weighted by Crippen LogP contribution is 2.26. The molecule has 0 aliphatic rings. The number of rotatable bonds is 7. The molecule has 1 rings (SSSR count). The van der Waals surface area contributed by atoms with Gasteiger partial charge in [0.2, 0.25) is 0 Å². The van der Waals surface area contributed by atoms with Crippen molar-refractivity contribution in [3.63, 3.8) is 0 Å². The topological polar surface area (TPSA) is 21.3 Å². The van der Waals surface area contributed by atoms with Crippen LogP contribution in [0.4, 0.5) is 0 Å². The predicted molar refractivity (Wildman–Crippen MR) is 76.8 cm³/mol. The normalized spacial score (nSPS) is 11.9. The Morgan fingerprint density at radius 3 is 2.89 bits per heavy atom. The second kappa shape index (κ2) is 7.79. The molecule has 1 N–H and O–H groups in total. The van der Waals surface area contributed by atoms with Crippen molar-refractivity contribution in [2.75, 3.05) is 13.2 Å². The predicted octanol–water partition coefficient (Wildman–Crippen LogP) is 3.46. The fourth-order valence-corrected chi connectivity index (χ4v) is 1.90. The van der Waals surface area contributed by atoms with E-state index in [0.29, 0.717) is 12.6 Å². The number of ether oxygens (including phenoxy) is 1. The molecular formula is C16H23NO. The first kappa shape index (κ1) is 14.6. The maximum absolute atomic E-state index is 5.85. The Labute approximate surface area is 111 Å². The van der Waals surface area contributed by atoms with Gasteiger partial charge in [0.1, 0.15) is 5.75 Å². The molecule has 0 heterocycles. The summed E-state index contributed by atoms with van der Waals surface area (Å²) >= 11 is 0. The van der Waals surface area contributed by atoms with Gasteiger partial charge in [0, 0.05) is 18.0 Å². The summed E-state index contributed by atoms with van der Waals surface area (Å²) in [4.78, 5) is 0. The standard InChI is InChI=1S/C16H23NO/c1-5-7-8-11-18-16-12-13(3)9-10-15(16)14(4)17-6-2/h1,9-10,12,14,17H,6-8,11H2,2-4H3. The third-order valence-corrected chi connectivity index (χ3v) is 2.87. The van der Waals surface area contributed by atoms with Gasteiger partial charge in [0.05, 0.1) is 6.61 Å². The molecule has 0 fully saturated rings. The molecule has 0 aliphatic carbocycles. The summed E-state index contributed by atoms with van der Waals surface area (Å²) in [5.41, 5.74) is 2.43. The smallest absolute Gasteiger partial charge is 0.124 e. The third-order valence-electron chi connectivity index (χ3n) is 2.87. The highest BCUT2D eigenvalue weighted by atomic mass is 16.5. The van der Waals surface area contributed by atoms with Gasteiger partial charge in [-0.05, 0) is 38.4 Å². The van der Waals surface area contributed by atoms with Crippen LogP contribution < -0.4 is 10.1 Å². The highest BCUT2D eigenvalue weighted by Gasteiger charge is 2.10. The number of hydrogen-bond donors (Lipinski definition) is 1. The fourth-order valence-electron chi connectivity index (χ4n) is 1.90. The van der Waals surface area contributed by atoms with Gasteiger partial charge in [-0.3, -0.25) is 0 Å². The summed E-state index contributed by atoms with van der Waals surface area (Å²) in [7, 11) is 0. The Bertz CT molecular complexity index is 406. The lowest BCUT2D eigenvalue weighted by molar-refractivity contribution is 0.306. The summed E-state index contributed by atoms with van der Waals surface area (Å²) < 4.78 is 5.85. The van der Waals surface area contributed by atoms with Crippen molar-refractivity contribution in [2.45, 2.75) is 39.7 Å². The second-order valence-electron chi connectivity index (χ2n) is 4.48. The largest absolute Gasteiger partial charge is 0.493 e. The molecule has 0 saturated heterocycles. The van der Waals surface area contributed by atoms with E-state index in [0.717, 1.165) is 25.1 Å². The van der Waals surface area contributed by atoms with Crippen LogP contribution in [0.15, 0.2) is 18.2 Å².